The van der Waals surface area contributed by atoms with Crippen molar-refractivity contribution >= 4 is 6.16 Å². The van der Waals surface area contributed by atoms with E-state index in [4.69, 9.17) is 14.7 Å². The summed E-state index contributed by atoms with van der Waals surface area (Å²) in [5.41, 5.74) is 0.542. The second kappa shape index (κ2) is 6.38. The summed E-state index contributed by atoms with van der Waals surface area (Å²) in [7, 11) is 1.52. The van der Waals surface area contributed by atoms with Crippen LogP contribution in [0.1, 0.15) is 18.6 Å². The Labute approximate surface area is 99.5 Å². The van der Waals surface area contributed by atoms with E-state index in [1.807, 2.05) is 6.07 Å². The Morgan fingerprint density at radius 3 is 2.88 bits per heavy atom. The second-order valence-corrected chi connectivity index (χ2v) is 3.09. The van der Waals surface area contributed by atoms with Gasteiger partial charge in [-0.2, -0.15) is 5.26 Å². The van der Waals surface area contributed by atoms with E-state index in [2.05, 4.69) is 4.74 Å². The van der Waals surface area contributed by atoms with Gasteiger partial charge >= 0.3 is 6.16 Å². The van der Waals surface area contributed by atoms with Gasteiger partial charge in [-0.15, -0.1) is 0 Å². The molecule has 5 nitrogen and oxygen atoms in total. The minimum absolute atomic E-state index is 0.203. The molecule has 1 aromatic rings. The van der Waals surface area contributed by atoms with Gasteiger partial charge in [0.15, 0.2) is 0 Å². The minimum atomic E-state index is -0.996. The SMILES string of the molecule is CCOC(=O)O[C@@H](C#N)c1cccc(OC)c1. The molecule has 0 aromatic heterocycles. The monoisotopic (exact) mass is 235 g/mol. The topological polar surface area (TPSA) is 68.5 Å². The predicted molar refractivity (Wildman–Crippen MR) is 59.5 cm³/mol. The first-order chi connectivity index (χ1) is 8.21. The van der Waals surface area contributed by atoms with E-state index in [0.717, 1.165) is 0 Å². The molecule has 0 amide bonds. The highest BCUT2D eigenvalue weighted by molar-refractivity contribution is 5.60. The zero-order chi connectivity index (χ0) is 12.7. The molecule has 0 radical (unpaired) electrons. The summed E-state index contributed by atoms with van der Waals surface area (Å²) in [6, 6.07) is 8.64. The molecule has 0 fully saturated rings. The van der Waals surface area contributed by atoms with Crippen molar-refractivity contribution in [3.05, 3.63) is 29.8 Å². The van der Waals surface area contributed by atoms with Crippen LogP contribution in [0, 0.1) is 11.3 Å². The van der Waals surface area contributed by atoms with E-state index in [1.165, 1.54) is 7.11 Å². The van der Waals surface area contributed by atoms with Crippen LogP contribution in [-0.2, 0) is 9.47 Å². The van der Waals surface area contributed by atoms with Gasteiger partial charge in [0.1, 0.15) is 11.8 Å². The minimum Gasteiger partial charge on any atom is -0.497 e. The summed E-state index contributed by atoms with van der Waals surface area (Å²) in [5, 5.41) is 8.94. The van der Waals surface area contributed by atoms with Gasteiger partial charge in [-0.1, -0.05) is 12.1 Å². The fourth-order valence-corrected chi connectivity index (χ4v) is 1.22. The molecule has 0 unspecified atom stereocenters. The molecule has 0 saturated carbocycles. The van der Waals surface area contributed by atoms with Crippen molar-refractivity contribution in [2.45, 2.75) is 13.0 Å². The summed E-state index contributed by atoms with van der Waals surface area (Å²) in [6.45, 7) is 1.86. The third-order valence-corrected chi connectivity index (χ3v) is 1.99. The van der Waals surface area contributed by atoms with E-state index in [9.17, 15) is 4.79 Å². The van der Waals surface area contributed by atoms with Crippen molar-refractivity contribution in [1.29, 1.82) is 5.26 Å². The quantitative estimate of drug-likeness (QED) is 0.749. The maximum Gasteiger partial charge on any atom is 0.509 e. The Hall–Kier alpha value is -2.22. The van der Waals surface area contributed by atoms with Crippen molar-refractivity contribution in [3.63, 3.8) is 0 Å². The molecule has 0 bridgehead atoms. The third-order valence-electron chi connectivity index (χ3n) is 1.99. The molecule has 0 aliphatic rings. The lowest BCUT2D eigenvalue weighted by Crippen LogP contribution is -2.11. The van der Waals surface area contributed by atoms with E-state index in [1.54, 1.807) is 31.2 Å². The van der Waals surface area contributed by atoms with Gasteiger partial charge in [0, 0.05) is 5.56 Å². The number of carbonyl (C=O) groups excluding carboxylic acids is 1. The maximum atomic E-state index is 11.1. The molecule has 1 rings (SSSR count). The first-order valence-corrected chi connectivity index (χ1v) is 5.08. The summed E-state index contributed by atoms with van der Waals surface area (Å²) in [6.07, 6.45) is -1.86. The number of benzene rings is 1. The molecule has 0 aliphatic carbocycles. The van der Waals surface area contributed by atoms with Crippen LogP contribution >= 0.6 is 0 Å². The van der Waals surface area contributed by atoms with Gasteiger partial charge in [-0.3, -0.25) is 0 Å². The molecule has 0 heterocycles. The summed E-state index contributed by atoms with van der Waals surface area (Å²) in [5.74, 6) is 0.593. The molecule has 1 atom stereocenters. The van der Waals surface area contributed by atoms with Crippen molar-refractivity contribution in [3.8, 4) is 11.8 Å². The Balaban J connectivity index is 2.79. The molecular weight excluding hydrogens is 222 g/mol. The first-order valence-electron chi connectivity index (χ1n) is 5.08. The average Bonchev–Trinajstić information content (AvgIpc) is 2.36. The highest BCUT2D eigenvalue weighted by atomic mass is 16.7. The Kier molecular flexibility index (Phi) is 4.82. The molecular formula is C12H13NO4. The van der Waals surface area contributed by atoms with Crippen LogP contribution in [0.25, 0.3) is 0 Å². The third kappa shape index (κ3) is 3.68. The smallest absolute Gasteiger partial charge is 0.497 e. The highest BCUT2D eigenvalue weighted by Gasteiger charge is 2.17. The molecule has 17 heavy (non-hydrogen) atoms. The summed E-state index contributed by atoms with van der Waals surface area (Å²) >= 11 is 0. The zero-order valence-corrected chi connectivity index (χ0v) is 9.67. The molecule has 1 aromatic carbocycles. The summed E-state index contributed by atoms with van der Waals surface area (Å²) < 4.78 is 14.5. The Morgan fingerprint density at radius 1 is 1.53 bits per heavy atom. The Morgan fingerprint density at radius 2 is 2.29 bits per heavy atom. The molecule has 0 N–H and O–H groups in total. The first kappa shape index (κ1) is 12.8. The van der Waals surface area contributed by atoms with Gasteiger partial charge in [0.25, 0.3) is 0 Å². The van der Waals surface area contributed by atoms with Crippen LogP contribution in [0.15, 0.2) is 24.3 Å². The van der Waals surface area contributed by atoms with Gasteiger partial charge in [0.2, 0.25) is 6.10 Å². The van der Waals surface area contributed by atoms with Gasteiger partial charge in [-0.05, 0) is 19.1 Å². The van der Waals surface area contributed by atoms with Crippen LogP contribution in [-0.4, -0.2) is 19.9 Å². The van der Waals surface area contributed by atoms with Crippen molar-refractivity contribution in [2.75, 3.05) is 13.7 Å². The highest BCUT2D eigenvalue weighted by Crippen LogP contribution is 2.21. The molecule has 0 spiro atoms. The van der Waals surface area contributed by atoms with Crippen LogP contribution < -0.4 is 4.74 Å². The lowest BCUT2D eigenvalue weighted by atomic mass is 10.1. The zero-order valence-electron chi connectivity index (χ0n) is 9.67. The van der Waals surface area contributed by atoms with Gasteiger partial charge in [-0.25, -0.2) is 4.79 Å². The molecule has 0 aliphatic heterocycles. The molecule has 90 valence electrons. The number of nitriles is 1. The molecule has 5 heteroatoms. The van der Waals surface area contributed by atoms with Crippen LogP contribution in [0.3, 0.4) is 0 Å². The van der Waals surface area contributed by atoms with E-state index in [0.29, 0.717) is 11.3 Å². The van der Waals surface area contributed by atoms with E-state index < -0.39 is 12.3 Å². The number of nitrogens with zero attached hydrogens (tertiary/aromatic N) is 1. The van der Waals surface area contributed by atoms with Crippen LogP contribution in [0.2, 0.25) is 0 Å². The summed E-state index contributed by atoms with van der Waals surface area (Å²) in [4.78, 5) is 11.1. The second-order valence-electron chi connectivity index (χ2n) is 3.09. The lowest BCUT2D eigenvalue weighted by molar-refractivity contribution is 0.0420. The number of carbonyl (C=O) groups is 1. The van der Waals surface area contributed by atoms with Gasteiger partial charge in [0.05, 0.1) is 13.7 Å². The number of hydrogen-bond acceptors (Lipinski definition) is 5. The average molecular weight is 235 g/mol. The maximum absolute atomic E-state index is 11.1. The fraction of sp³-hybridized carbons (Fsp3) is 0.333. The lowest BCUT2D eigenvalue weighted by Gasteiger charge is -2.11. The predicted octanol–water partition coefficient (Wildman–Crippen LogP) is 2.43. The van der Waals surface area contributed by atoms with Crippen LogP contribution in [0.4, 0.5) is 4.79 Å². The Bertz CT molecular complexity index is 425. The molecule has 0 saturated heterocycles. The van der Waals surface area contributed by atoms with Gasteiger partial charge < -0.3 is 14.2 Å². The van der Waals surface area contributed by atoms with E-state index in [-0.39, 0.29) is 6.61 Å². The van der Waals surface area contributed by atoms with E-state index >= 15 is 0 Å². The van der Waals surface area contributed by atoms with Crippen molar-refractivity contribution < 1.29 is 19.0 Å². The number of rotatable bonds is 4. The van der Waals surface area contributed by atoms with Crippen molar-refractivity contribution in [2.24, 2.45) is 0 Å². The number of hydrogen-bond donors (Lipinski definition) is 0. The normalized spacial score (nSPS) is 11.1. The largest absolute Gasteiger partial charge is 0.509 e. The standard InChI is InChI=1S/C12H13NO4/c1-3-16-12(14)17-11(8-13)9-5-4-6-10(7-9)15-2/h4-7,11H,3H2,1-2H3/t11-/m0/s1. The van der Waals surface area contributed by atoms with Crippen LogP contribution in [0.5, 0.6) is 5.75 Å². The number of ether oxygens (including phenoxy) is 3. The fourth-order valence-electron chi connectivity index (χ4n) is 1.22. The van der Waals surface area contributed by atoms with Crippen molar-refractivity contribution in [1.82, 2.24) is 0 Å². The number of methoxy groups -OCH3 is 1.